The molecule has 0 radical (unpaired) electrons. The number of sulfonamides is 1. The Morgan fingerprint density at radius 2 is 1.70 bits per heavy atom. The molecule has 5 nitrogen and oxygen atoms in total. The van der Waals surface area contributed by atoms with Gasteiger partial charge in [-0.1, -0.05) is 48.0 Å². The molecule has 0 spiro atoms. The molecule has 0 unspecified atom stereocenters. The van der Waals surface area contributed by atoms with Crippen LogP contribution in [0.5, 0.6) is 0 Å². The summed E-state index contributed by atoms with van der Waals surface area (Å²) in [7, 11) is -2.46. The predicted molar refractivity (Wildman–Crippen MR) is 87.3 cm³/mol. The molecule has 0 aliphatic carbocycles. The highest BCUT2D eigenvalue weighted by atomic mass is 32.2. The molecule has 2 aromatic carbocycles. The number of aryl methyl sites for hydroxylation is 1. The van der Waals surface area contributed by atoms with Crippen LogP contribution in [0.25, 0.3) is 0 Å². The molecule has 0 bridgehead atoms. The van der Waals surface area contributed by atoms with E-state index in [1.54, 1.807) is 36.4 Å². The molecular weight excluding hydrogens is 314 g/mol. The van der Waals surface area contributed by atoms with E-state index < -0.39 is 22.0 Å². The fourth-order valence-electron chi connectivity index (χ4n) is 2.14. The SMILES string of the molecule is COC(=O)C[C@@H](NS(=O)(=O)c1ccc(C)cc1)c1ccccc1. The summed E-state index contributed by atoms with van der Waals surface area (Å²) in [4.78, 5) is 11.8. The van der Waals surface area contributed by atoms with Gasteiger partial charge >= 0.3 is 5.97 Å². The van der Waals surface area contributed by atoms with Gasteiger partial charge in [0.1, 0.15) is 0 Å². The van der Waals surface area contributed by atoms with Crippen molar-refractivity contribution in [1.82, 2.24) is 4.72 Å². The van der Waals surface area contributed by atoms with Crippen molar-refractivity contribution < 1.29 is 17.9 Å². The summed E-state index contributed by atoms with van der Waals surface area (Å²) < 4.78 is 32.3. The molecule has 2 rings (SSSR count). The minimum absolute atomic E-state index is 0.0778. The van der Waals surface area contributed by atoms with E-state index in [9.17, 15) is 13.2 Å². The highest BCUT2D eigenvalue weighted by Crippen LogP contribution is 2.21. The second-order valence-electron chi connectivity index (χ2n) is 5.18. The lowest BCUT2D eigenvalue weighted by Crippen LogP contribution is -2.30. The van der Waals surface area contributed by atoms with Gasteiger partial charge in [0.25, 0.3) is 0 Å². The third-order valence-electron chi connectivity index (χ3n) is 3.43. The highest BCUT2D eigenvalue weighted by Gasteiger charge is 2.23. The molecule has 1 atom stereocenters. The van der Waals surface area contributed by atoms with Gasteiger partial charge in [-0.15, -0.1) is 0 Å². The molecule has 2 aromatic rings. The average Bonchev–Trinajstić information content (AvgIpc) is 2.55. The maximum Gasteiger partial charge on any atom is 0.307 e. The Balaban J connectivity index is 2.29. The van der Waals surface area contributed by atoms with Crippen molar-refractivity contribution in [3.05, 3.63) is 65.7 Å². The summed E-state index contributed by atoms with van der Waals surface area (Å²) in [6.07, 6.45) is -0.0778. The number of benzene rings is 2. The highest BCUT2D eigenvalue weighted by molar-refractivity contribution is 7.89. The van der Waals surface area contributed by atoms with Crippen LogP contribution in [0.15, 0.2) is 59.5 Å². The summed E-state index contributed by atoms with van der Waals surface area (Å²) >= 11 is 0. The Morgan fingerprint density at radius 3 is 2.26 bits per heavy atom. The molecule has 0 fully saturated rings. The molecule has 122 valence electrons. The number of methoxy groups -OCH3 is 1. The smallest absolute Gasteiger partial charge is 0.307 e. The lowest BCUT2D eigenvalue weighted by atomic mass is 10.1. The molecule has 1 N–H and O–H groups in total. The first kappa shape index (κ1) is 17.2. The van der Waals surface area contributed by atoms with E-state index in [2.05, 4.69) is 9.46 Å². The van der Waals surface area contributed by atoms with Crippen molar-refractivity contribution in [2.24, 2.45) is 0 Å². The van der Waals surface area contributed by atoms with E-state index in [-0.39, 0.29) is 11.3 Å². The Kier molecular flexibility index (Phi) is 5.52. The van der Waals surface area contributed by atoms with Gasteiger partial charge in [-0.05, 0) is 24.6 Å². The lowest BCUT2D eigenvalue weighted by molar-refractivity contribution is -0.141. The molecule has 0 aliphatic rings. The fourth-order valence-corrected chi connectivity index (χ4v) is 3.36. The molecule has 6 heteroatoms. The second kappa shape index (κ2) is 7.39. The number of hydrogen-bond donors (Lipinski definition) is 1. The maximum atomic E-state index is 12.5. The molecule has 0 saturated carbocycles. The first-order valence-corrected chi connectivity index (χ1v) is 8.61. The summed E-state index contributed by atoms with van der Waals surface area (Å²) in [6.45, 7) is 1.88. The van der Waals surface area contributed by atoms with Crippen LogP contribution in [-0.4, -0.2) is 21.5 Å². The van der Waals surface area contributed by atoms with Crippen LogP contribution in [0.4, 0.5) is 0 Å². The Labute approximate surface area is 136 Å². The number of nitrogens with one attached hydrogen (secondary N) is 1. The minimum atomic E-state index is -3.74. The molecular formula is C17H19NO4S. The van der Waals surface area contributed by atoms with E-state index >= 15 is 0 Å². The topological polar surface area (TPSA) is 72.5 Å². The van der Waals surface area contributed by atoms with Crippen molar-refractivity contribution >= 4 is 16.0 Å². The average molecular weight is 333 g/mol. The van der Waals surface area contributed by atoms with Crippen LogP contribution < -0.4 is 4.72 Å². The number of hydrogen-bond acceptors (Lipinski definition) is 4. The Morgan fingerprint density at radius 1 is 1.09 bits per heavy atom. The third-order valence-corrected chi connectivity index (χ3v) is 4.92. The number of carbonyl (C=O) groups excluding carboxylic acids is 1. The van der Waals surface area contributed by atoms with E-state index in [0.717, 1.165) is 5.56 Å². The van der Waals surface area contributed by atoms with Crippen LogP contribution in [0, 0.1) is 6.92 Å². The first-order chi connectivity index (χ1) is 10.9. The van der Waals surface area contributed by atoms with Gasteiger partial charge in [0.2, 0.25) is 10.0 Å². The fraction of sp³-hybridized carbons (Fsp3) is 0.235. The number of esters is 1. The third kappa shape index (κ3) is 4.64. The molecule has 0 aliphatic heterocycles. The Bertz CT molecular complexity index is 755. The summed E-state index contributed by atoms with van der Waals surface area (Å²) in [5.41, 5.74) is 1.67. The monoisotopic (exact) mass is 333 g/mol. The molecule has 0 heterocycles. The molecule has 0 amide bonds. The van der Waals surface area contributed by atoms with Crippen LogP contribution in [0.2, 0.25) is 0 Å². The van der Waals surface area contributed by atoms with Gasteiger partial charge in [0, 0.05) is 0 Å². The minimum Gasteiger partial charge on any atom is -0.469 e. The standard InChI is InChI=1S/C17H19NO4S/c1-13-8-10-15(11-9-13)23(20,21)18-16(12-17(19)22-2)14-6-4-3-5-7-14/h3-11,16,18H,12H2,1-2H3/t16-/m1/s1. The van der Waals surface area contributed by atoms with Crippen LogP contribution in [0.1, 0.15) is 23.6 Å². The van der Waals surface area contributed by atoms with Gasteiger partial charge in [-0.25, -0.2) is 13.1 Å². The predicted octanol–water partition coefficient (Wildman–Crippen LogP) is 2.58. The van der Waals surface area contributed by atoms with E-state index in [4.69, 9.17) is 0 Å². The lowest BCUT2D eigenvalue weighted by Gasteiger charge is -2.18. The van der Waals surface area contributed by atoms with E-state index in [0.29, 0.717) is 5.56 Å². The maximum absolute atomic E-state index is 12.5. The van der Waals surface area contributed by atoms with Crippen molar-refractivity contribution in [3.63, 3.8) is 0 Å². The zero-order chi connectivity index (χ0) is 16.9. The Hall–Kier alpha value is -2.18. The molecule has 0 saturated heterocycles. The van der Waals surface area contributed by atoms with Gasteiger partial charge in [-0.2, -0.15) is 0 Å². The molecule has 0 aromatic heterocycles. The van der Waals surface area contributed by atoms with Crippen LogP contribution in [0.3, 0.4) is 0 Å². The van der Waals surface area contributed by atoms with Crippen molar-refractivity contribution in [2.45, 2.75) is 24.3 Å². The number of ether oxygens (including phenoxy) is 1. The van der Waals surface area contributed by atoms with Gasteiger partial charge < -0.3 is 4.74 Å². The van der Waals surface area contributed by atoms with Crippen molar-refractivity contribution in [1.29, 1.82) is 0 Å². The van der Waals surface area contributed by atoms with Crippen LogP contribution >= 0.6 is 0 Å². The number of carbonyl (C=O) groups is 1. The number of rotatable bonds is 6. The summed E-state index contributed by atoms with van der Waals surface area (Å²) in [5, 5.41) is 0. The largest absolute Gasteiger partial charge is 0.469 e. The van der Waals surface area contributed by atoms with Crippen LogP contribution in [-0.2, 0) is 19.6 Å². The van der Waals surface area contributed by atoms with Gasteiger partial charge in [0.15, 0.2) is 0 Å². The first-order valence-electron chi connectivity index (χ1n) is 7.13. The zero-order valence-corrected chi connectivity index (χ0v) is 13.8. The van der Waals surface area contributed by atoms with Crippen molar-refractivity contribution in [3.8, 4) is 0 Å². The molecule has 23 heavy (non-hydrogen) atoms. The quantitative estimate of drug-likeness (QED) is 0.825. The van der Waals surface area contributed by atoms with E-state index in [1.807, 2.05) is 13.0 Å². The summed E-state index contributed by atoms with van der Waals surface area (Å²) in [5.74, 6) is -0.481. The zero-order valence-electron chi connectivity index (χ0n) is 13.0. The normalized spacial score (nSPS) is 12.6. The van der Waals surface area contributed by atoms with E-state index in [1.165, 1.54) is 19.2 Å². The van der Waals surface area contributed by atoms with Gasteiger partial charge in [-0.3, -0.25) is 4.79 Å². The summed E-state index contributed by atoms with van der Waals surface area (Å²) in [6, 6.07) is 14.8. The van der Waals surface area contributed by atoms with Gasteiger partial charge in [0.05, 0.1) is 24.5 Å². The second-order valence-corrected chi connectivity index (χ2v) is 6.89. The van der Waals surface area contributed by atoms with Crippen molar-refractivity contribution in [2.75, 3.05) is 7.11 Å².